The average Bonchev–Trinajstić information content (AvgIpc) is 3.46. The number of piperidine rings is 1. The number of nitrogens with one attached hydrogen (secondary N) is 2. The molecular weight excluding hydrogens is 543 g/mol. The Morgan fingerprint density at radius 2 is 2.00 bits per heavy atom. The van der Waals surface area contributed by atoms with E-state index in [-0.39, 0.29) is 24.0 Å². The summed E-state index contributed by atoms with van der Waals surface area (Å²) in [6.07, 6.45) is 3.42. The highest BCUT2D eigenvalue weighted by molar-refractivity contribution is 14.0. The van der Waals surface area contributed by atoms with E-state index in [1.54, 1.807) is 0 Å². The van der Waals surface area contributed by atoms with Gasteiger partial charge in [0.1, 0.15) is 6.54 Å². The number of guanidine groups is 1. The number of aromatic nitrogens is 2. The minimum atomic E-state index is 0. The molecule has 2 aliphatic heterocycles. The molecule has 10 heteroatoms. The fraction of sp³-hybridized carbons (Fsp3) is 0.591. The van der Waals surface area contributed by atoms with E-state index in [1.165, 1.54) is 6.42 Å². The monoisotopic (exact) mass is 574 g/mol. The Labute approximate surface area is 211 Å². The fourth-order valence-corrected chi connectivity index (χ4v) is 4.17. The van der Waals surface area contributed by atoms with E-state index in [0.29, 0.717) is 35.2 Å². The van der Waals surface area contributed by atoms with Crippen LogP contribution in [0.2, 0.25) is 5.02 Å². The van der Waals surface area contributed by atoms with Crippen LogP contribution in [0, 0.1) is 5.92 Å². The summed E-state index contributed by atoms with van der Waals surface area (Å²) >= 11 is 5.94. The first-order valence-electron chi connectivity index (χ1n) is 11.1. The van der Waals surface area contributed by atoms with Crippen LogP contribution >= 0.6 is 35.6 Å². The fourth-order valence-electron chi connectivity index (χ4n) is 4.05. The van der Waals surface area contributed by atoms with Gasteiger partial charge in [0.15, 0.2) is 5.96 Å². The molecule has 8 nitrogen and oxygen atoms in total. The maximum atomic E-state index is 5.94. The van der Waals surface area contributed by atoms with E-state index in [0.717, 1.165) is 63.8 Å². The van der Waals surface area contributed by atoms with Crippen LogP contribution in [0.25, 0.3) is 11.4 Å². The predicted molar refractivity (Wildman–Crippen MR) is 136 cm³/mol. The summed E-state index contributed by atoms with van der Waals surface area (Å²) in [5.41, 5.74) is 0.865. The van der Waals surface area contributed by atoms with Gasteiger partial charge >= 0.3 is 0 Å². The van der Waals surface area contributed by atoms with E-state index in [9.17, 15) is 0 Å². The summed E-state index contributed by atoms with van der Waals surface area (Å²) in [4.78, 5) is 11.7. The second-order valence-corrected chi connectivity index (χ2v) is 8.60. The number of likely N-dealkylation sites (tertiary alicyclic amines) is 1. The Bertz CT molecular complexity index is 848. The highest BCUT2D eigenvalue weighted by Crippen LogP contribution is 2.19. The first-order valence-corrected chi connectivity index (χ1v) is 11.5. The van der Waals surface area contributed by atoms with Crippen molar-refractivity contribution in [3.05, 3.63) is 35.2 Å². The lowest BCUT2D eigenvalue weighted by Crippen LogP contribution is -2.49. The lowest BCUT2D eigenvalue weighted by molar-refractivity contribution is 0.150. The number of rotatable bonds is 7. The Morgan fingerprint density at radius 3 is 2.69 bits per heavy atom. The molecule has 3 heterocycles. The summed E-state index contributed by atoms with van der Waals surface area (Å²) in [5.74, 6) is 2.52. The van der Waals surface area contributed by atoms with Crippen molar-refractivity contribution in [2.24, 2.45) is 10.9 Å². The Balaban J connectivity index is 0.00000289. The van der Waals surface area contributed by atoms with Crippen molar-refractivity contribution in [2.45, 2.75) is 38.8 Å². The quantitative estimate of drug-likeness (QED) is 0.297. The van der Waals surface area contributed by atoms with Gasteiger partial charge in [0.2, 0.25) is 11.7 Å². The van der Waals surface area contributed by atoms with E-state index >= 15 is 0 Å². The van der Waals surface area contributed by atoms with Gasteiger partial charge < -0.3 is 24.8 Å². The Kier molecular flexibility index (Phi) is 10.0. The first-order chi connectivity index (χ1) is 15.2. The summed E-state index contributed by atoms with van der Waals surface area (Å²) in [7, 11) is 0. The molecule has 1 aromatic carbocycles. The van der Waals surface area contributed by atoms with Crippen LogP contribution in [0.15, 0.2) is 33.8 Å². The zero-order chi connectivity index (χ0) is 21.5. The number of benzene rings is 1. The van der Waals surface area contributed by atoms with E-state index in [4.69, 9.17) is 20.9 Å². The third kappa shape index (κ3) is 7.29. The summed E-state index contributed by atoms with van der Waals surface area (Å²) < 4.78 is 10.9. The lowest BCUT2D eigenvalue weighted by Gasteiger charge is -2.34. The molecular formula is C22H32ClIN6O2. The van der Waals surface area contributed by atoms with Crippen molar-refractivity contribution in [3.8, 4) is 11.4 Å². The zero-order valence-corrected chi connectivity index (χ0v) is 21.5. The number of hydrogen-bond donors (Lipinski definition) is 2. The average molecular weight is 575 g/mol. The van der Waals surface area contributed by atoms with Crippen molar-refractivity contribution in [1.29, 1.82) is 0 Å². The third-order valence-electron chi connectivity index (χ3n) is 5.76. The molecule has 4 rings (SSSR count). The van der Waals surface area contributed by atoms with Crippen LogP contribution in [0.3, 0.4) is 0 Å². The number of halogens is 2. The van der Waals surface area contributed by atoms with Crippen LogP contribution in [-0.2, 0) is 11.3 Å². The van der Waals surface area contributed by atoms with Crippen molar-refractivity contribution >= 4 is 41.5 Å². The third-order valence-corrected chi connectivity index (χ3v) is 6.01. The van der Waals surface area contributed by atoms with Gasteiger partial charge in [-0.3, -0.25) is 0 Å². The second kappa shape index (κ2) is 12.7. The topological polar surface area (TPSA) is 87.8 Å². The SMILES string of the molecule is CCNC(=NCc1nc(-c2ccc(Cl)cc2)no1)NC1CCN(CC2CCOC2)CC1.I. The van der Waals surface area contributed by atoms with Gasteiger partial charge in [-0.05, 0) is 56.4 Å². The molecule has 2 fully saturated rings. The highest BCUT2D eigenvalue weighted by atomic mass is 127. The first kappa shape index (κ1) is 25.2. The molecule has 2 N–H and O–H groups in total. The number of aliphatic imine (C=N–C) groups is 1. The molecule has 0 amide bonds. The van der Waals surface area contributed by atoms with Gasteiger partial charge in [-0.1, -0.05) is 16.8 Å². The molecule has 32 heavy (non-hydrogen) atoms. The molecule has 0 aliphatic carbocycles. The molecule has 0 saturated carbocycles. The summed E-state index contributed by atoms with van der Waals surface area (Å²) in [5, 5.41) is 11.6. The molecule has 1 aromatic heterocycles. The van der Waals surface area contributed by atoms with Gasteiger partial charge in [0.25, 0.3) is 0 Å². The van der Waals surface area contributed by atoms with Crippen LogP contribution in [0.5, 0.6) is 0 Å². The lowest BCUT2D eigenvalue weighted by atomic mass is 10.0. The molecule has 176 valence electrons. The minimum Gasteiger partial charge on any atom is -0.381 e. The van der Waals surface area contributed by atoms with E-state index in [2.05, 4.69) is 37.6 Å². The molecule has 0 radical (unpaired) electrons. The molecule has 2 aromatic rings. The van der Waals surface area contributed by atoms with Gasteiger partial charge in [-0.15, -0.1) is 24.0 Å². The van der Waals surface area contributed by atoms with Crippen molar-refractivity contribution in [2.75, 3.05) is 39.4 Å². The van der Waals surface area contributed by atoms with Crippen molar-refractivity contribution in [1.82, 2.24) is 25.7 Å². The Hall–Kier alpha value is -1.43. The minimum absolute atomic E-state index is 0. The molecule has 0 spiro atoms. The normalized spacial score (nSPS) is 20.2. The largest absolute Gasteiger partial charge is 0.381 e. The van der Waals surface area contributed by atoms with Gasteiger partial charge in [-0.25, -0.2) is 4.99 Å². The van der Waals surface area contributed by atoms with Crippen LogP contribution in [-0.4, -0.2) is 66.4 Å². The second-order valence-electron chi connectivity index (χ2n) is 8.16. The Morgan fingerprint density at radius 1 is 1.22 bits per heavy atom. The standard InChI is InChI=1S/C22H31ClN6O2.HI/c1-2-24-22(26-19-7-10-29(11-8-19)14-16-9-12-30-15-16)25-13-20-27-21(28-31-20)17-3-5-18(23)6-4-17;/h3-6,16,19H,2,7-15H2,1H3,(H2,24,25,26);1H. The van der Waals surface area contributed by atoms with Crippen molar-refractivity contribution < 1.29 is 9.26 Å². The van der Waals surface area contributed by atoms with Crippen molar-refractivity contribution in [3.63, 3.8) is 0 Å². The summed E-state index contributed by atoms with van der Waals surface area (Å²) in [6.45, 7) is 8.42. The maximum absolute atomic E-state index is 5.94. The highest BCUT2D eigenvalue weighted by Gasteiger charge is 2.24. The number of ether oxygens (including phenoxy) is 1. The molecule has 2 saturated heterocycles. The number of hydrogen-bond acceptors (Lipinski definition) is 6. The van der Waals surface area contributed by atoms with E-state index in [1.807, 2.05) is 24.3 Å². The molecule has 1 unspecified atom stereocenters. The zero-order valence-electron chi connectivity index (χ0n) is 18.4. The smallest absolute Gasteiger partial charge is 0.248 e. The van der Waals surface area contributed by atoms with E-state index < -0.39 is 0 Å². The van der Waals surface area contributed by atoms with Gasteiger partial charge in [0.05, 0.1) is 6.61 Å². The predicted octanol–water partition coefficient (Wildman–Crippen LogP) is 3.56. The maximum Gasteiger partial charge on any atom is 0.248 e. The molecule has 0 bridgehead atoms. The van der Waals surface area contributed by atoms with Gasteiger partial charge in [0, 0.05) is 49.4 Å². The molecule has 1 atom stereocenters. The van der Waals surface area contributed by atoms with Crippen LogP contribution in [0.4, 0.5) is 0 Å². The van der Waals surface area contributed by atoms with Crippen LogP contribution in [0.1, 0.15) is 32.1 Å². The number of nitrogens with zero attached hydrogens (tertiary/aromatic N) is 4. The summed E-state index contributed by atoms with van der Waals surface area (Å²) in [6, 6.07) is 7.78. The van der Waals surface area contributed by atoms with Crippen LogP contribution < -0.4 is 10.6 Å². The molecule has 2 aliphatic rings. The van der Waals surface area contributed by atoms with Gasteiger partial charge in [-0.2, -0.15) is 4.98 Å².